The third kappa shape index (κ3) is 1.86. The first-order valence-corrected chi connectivity index (χ1v) is 6.01. The Bertz CT molecular complexity index is 500. The van der Waals surface area contributed by atoms with E-state index >= 15 is 0 Å². The number of nitrogens with zero attached hydrogens (tertiary/aromatic N) is 2. The highest BCUT2D eigenvalue weighted by Gasteiger charge is 2.36. The molecule has 1 aromatic carbocycles. The van der Waals surface area contributed by atoms with Crippen LogP contribution in [-0.2, 0) is 10.3 Å². The number of rotatable bonds is 2. The molecule has 0 unspecified atom stereocenters. The van der Waals surface area contributed by atoms with Crippen molar-refractivity contribution in [3.63, 3.8) is 0 Å². The third-order valence-corrected chi connectivity index (χ3v) is 3.21. The molecule has 0 radical (unpaired) electrons. The van der Waals surface area contributed by atoms with Crippen molar-refractivity contribution in [1.82, 2.24) is 4.31 Å². The molecule has 2 amide bonds. The van der Waals surface area contributed by atoms with Gasteiger partial charge in [-0.25, -0.2) is 4.79 Å². The topological polar surface area (TPSA) is 77.9 Å². The molecule has 1 aromatic rings. The predicted octanol–water partition coefficient (Wildman–Crippen LogP) is 0.731. The van der Waals surface area contributed by atoms with Crippen LogP contribution in [0.1, 0.15) is 0 Å². The van der Waals surface area contributed by atoms with Gasteiger partial charge in [-0.2, -0.15) is 12.7 Å². The molecule has 1 N–H and O–H groups in total. The van der Waals surface area contributed by atoms with Gasteiger partial charge in [-0.15, -0.1) is 0 Å². The van der Waals surface area contributed by atoms with Crippen LogP contribution < -0.4 is 4.90 Å². The van der Waals surface area contributed by atoms with Gasteiger partial charge in [-0.3, -0.25) is 9.45 Å². The smallest absolute Gasteiger partial charge is 0.292 e. The Balaban J connectivity index is 2.27. The molecule has 1 heterocycles. The Morgan fingerprint density at radius 2 is 1.75 bits per heavy atom. The van der Waals surface area contributed by atoms with E-state index in [1.165, 1.54) is 4.90 Å². The highest BCUT2D eigenvalue weighted by molar-refractivity contribution is 7.84. The molecule has 0 saturated carbocycles. The summed E-state index contributed by atoms with van der Waals surface area (Å²) in [4.78, 5) is 13.0. The first-order valence-electron chi connectivity index (χ1n) is 4.62. The van der Waals surface area contributed by atoms with Crippen LogP contribution in [0.4, 0.5) is 10.5 Å². The normalized spacial score (nSPS) is 16.9. The monoisotopic (exact) mass is 242 g/mol. The summed E-state index contributed by atoms with van der Waals surface area (Å²) >= 11 is 0. The van der Waals surface area contributed by atoms with Gasteiger partial charge in [-0.05, 0) is 12.1 Å². The van der Waals surface area contributed by atoms with E-state index in [0.29, 0.717) is 9.99 Å². The van der Waals surface area contributed by atoms with Gasteiger partial charge in [-0.1, -0.05) is 18.2 Å². The number of hydrogen-bond donors (Lipinski definition) is 1. The predicted molar refractivity (Wildman–Crippen MR) is 57.4 cm³/mol. The third-order valence-electron chi connectivity index (χ3n) is 2.32. The maximum Gasteiger partial charge on any atom is 0.363 e. The number of para-hydroxylation sites is 1. The summed E-state index contributed by atoms with van der Waals surface area (Å²) < 4.78 is 31.0. The summed E-state index contributed by atoms with van der Waals surface area (Å²) in [7, 11) is -4.45. The maximum absolute atomic E-state index is 11.7. The van der Waals surface area contributed by atoms with E-state index in [-0.39, 0.29) is 13.1 Å². The van der Waals surface area contributed by atoms with E-state index in [9.17, 15) is 13.2 Å². The van der Waals surface area contributed by atoms with Crippen molar-refractivity contribution in [2.75, 3.05) is 18.0 Å². The fourth-order valence-corrected chi connectivity index (χ4v) is 2.19. The van der Waals surface area contributed by atoms with Crippen LogP contribution in [0.3, 0.4) is 0 Å². The van der Waals surface area contributed by atoms with Crippen LogP contribution in [0.5, 0.6) is 0 Å². The van der Waals surface area contributed by atoms with Crippen molar-refractivity contribution < 1.29 is 17.8 Å². The molecule has 7 heteroatoms. The Labute approximate surface area is 93.0 Å². The van der Waals surface area contributed by atoms with Crippen LogP contribution in [0, 0.1) is 0 Å². The highest BCUT2D eigenvalue weighted by Crippen LogP contribution is 2.20. The van der Waals surface area contributed by atoms with Gasteiger partial charge in [0.2, 0.25) is 0 Å². The van der Waals surface area contributed by atoms with E-state index < -0.39 is 16.3 Å². The molecule has 6 nitrogen and oxygen atoms in total. The number of hydrogen-bond acceptors (Lipinski definition) is 3. The lowest BCUT2D eigenvalue weighted by molar-refractivity contribution is 0.236. The van der Waals surface area contributed by atoms with Crippen LogP contribution in [0.2, 0.25) is 0 Å². The molecule has 2 rings (SSSR count). The zero-order valence-corrected chi connectivity index (χ0v) is 9.09. The maximum atomic E-state index is 11.7. The molecule has 16 heavy (non-hydrogen) atoms. The van der Waals surface area contributed by atoms with E-state index in [4.69, 9.17) is 4.55 Å². The van der Waals surface area contributed by atoms with Crippen molar-refractivity contribution >= 4 is 22.0 Å². The minimum absolute atomic E-state index is 0.0352. The second-order valence-electron chi connectivity index (χ2n) is 3.32. The average molecular weight is 242 g/mol. The molecular formula is C9H10N2O4S. The molecule has 0 bridgehead atoms. The van der Waals surface area contributed by atoms with Gasteiger partial charge < -0.3 is 0 Å². The number of anilines is 1. The molecule has 0 aliphatic carbocycles. The molecule has 0 aromatic heterocycles. The SMILES string of the molecule is O=C1N(c2ccccc2)CCN1S(=O)(=O)O. The van der Waals surface area contributed by atoms with Crippen LogP contribution in [0.15, 0.2) is 30.3 Å². The number of carbonyl (C=O) groups is 1. The minimum atomic E-state index is -4.45. The minimum Gasteiger partial charge on any atom is -0.292 e. The quantitative estimate of drug-likeness (QED) is 0.775. The summed E-state index contributed by atoms with van der Waals surface area (Å²) in [6.07, 6.45) is 0. The Morgan fingerprint density at radius 3 is 2.25 bits per heavy atom. The fourth-order valence-electron chi connectivity index (χ4n) is 1.58. The van der Waals surface area contributed by atoms with E-state index in [1.807, 2.05) is 0 Å². The highest BCUT2D eigenvalue weighted by atomic mass is 32.2. The van der Waals surface area contributed by atoms with Crippen molar-refractivity contribution in [2.45, 2.75) is 0 Å². The van der Waals surface area contributed by atoms with Crippen molar-refractivity contribution in [3.05, 3.63) is 30.3 Å². The van der Waals surface area contributed by atoms with E-state index in [1.54, 1.807) is 30.3 Å². The van der Waals surface area contributed by atoms with Crippen LogP contribution in [-0.4, -0.2) is 36.4 Å². The van der Waals surface area contributed by atoms with Gasteiger partial charge in [0.15, 0.2) is 0 Å². The molecule has 1 aliphatic rings. The molecule has 1 fully saturated rings. The average Bonchev–Trinajstić information content (AvgIpc) is 2.61. The summed E-state index contributed by atoms with van der Waals surface area (Å²) in [5.74, 6) is 0. The molecular weight excluding hydrogens is 232 g/mol. The number of amides is 2. The summed E-state index contributed by atoms with van der Waals surface area (Å²) in [5.41, 5.74) is 0.610. The second kappa shape index (κ2) is 3.76. The first kappa shape index (κ1) is 10.9. The van der Waals surface area contributed by atoms with Gasteiger partial charge in [0.1, 0.15) is 0 Å². The zero-order chi connectivity index (χ0) is 11.8. The number of carbonyl (C=O) groups excluding carboxylic acids is 1. The van der Waals surface area contributed by atoms with Crippen LogP contribution >= 0.6 is 0 Å². The number of urea groups is 1. The first-order chi connectivity index (χ1) is 7.50. The fraction of sp³-hybridized carbons (Fsp3) is 0.222. The largest absolute Gasteiger partial charge is 0.363 e. The Hall–Kier alpha value is -1.60. The molecule has 1 saturated heterocycles. The number of benzene rings is 1. The molecule has 1 aliphatic heterocycles. The molecule has 86 valence electrons. The Kier molecular flexibility index (Phi) is 2.56. The van der Waals surface area contributed by atoms with Gasteiger partial charge in [0.05, 0.1) is 6.54 Å². The molecule has 0 spiro atoms. The lowest BCUT2D eigenvalue weighted by Crippen LogP contribution is -2.35. The van der Waals surface area contributed by atoms with E-state index in [0.717, 1.165) is 0 Å². The Morgan fingerprint density at radius 1 is 1.12 bits per heavy atom. The van der Waals surface area contributed by atoms with Crippen molar-refractivity contribution in [1.29, 1.82) is 0 Å². The zero-order valence-electron chi connectivity index (χ0n) is 8.28. The summed E-state index contributed by atoms with van der Waals surface area (Å²) in [6, 6.07) is 7.97. The summed E-state index contributed by atoms with van der Waals surface area (Å²) in [5, 5.41) is 0. The van der Waals surface area contributed by atoms with Crippen molar-refractivity contribution in [2.24, 2.45) is 0 Å². The standard InChI is InChI=1S/C9H10N2O4S/c12-9-10(8-4-2-1-3-5-8)6-7-11(9)16(13,14)15/h1-5H,6-7H2,(H,13,14,15). The van der Waals surface area contributed by atoms with Crippen molar-refractivity contribution in [3.8, 4) is 0 Å². The van der Waals surface area contributed by atoms with Gasteiger partial charge >= 0.3 is 16.3 Å². The molecule has 0 atom stereocenters. The lowest BCUT2D eigenvalue weighted by atomic mass is 10.3. The second-order valence-corrected chi connectivity index (χ2v) is 4.66. The van der Waals surface area contributed by atoms with E-state index in [2.05, 4.69) is 0 Å². The summed E-state index contributed by atoms with van der Waals surface area (Å²) in [6.45, 7) is 0.204. The van der Waals surface area contributed by atoms with Gasteiger partial charge in [0, 0.05) is 12.2 Å². The van der Waals surface area contributed by atoms with Gasteiger partial charge in [0.25, 0.3) is 0 Å². The van der Waals surface area contributed by atoms with Crippen LogP contribution in [0.25, 0.3) is 0 Å². The lowest BCUT2D eigenvalue weighted by Gasteiger charge is -2.16.